The molecular weight excluding hydrogens is 725 g/mol. The van der Waals surface area contributed by atoms with Gasteiger partial charge in [0.05, 0.1) is 11.4 Å². The molecule has 304 valence electrons. The summed E-state index contributed by atoms with van der Waals surface area (Å²) in [6.07, 6.45) is 7.95. The lowest BCUT2D eigenvalue weighted by Gasteiger charge is -2.31. The van der Waals surface area contributed by atoms with Crippen molar-refractivity contribution in [3.63, 3.8) is 0 Å². The predicted octanol–water partition coefficient (Wildman–Crippen LogP) is 16.6. The maximum Gasteiger partial charge on any atom is 0.0546 e. The fraction of sp³-hybridized carbons (Fsp3) is 0.276. The summed E-state index contributed by atoms with van der Waals surface area (Å²) >= 11 is 0. The van der Waals surface area contributed by atoms with E-state index in [1.54, 1.807) is 0 Å². The molecular formula is C58H62N2. The third kappa shape index (κ3) is 7.81. The van der Waals surface area contributed by atoms with Gasteiger partial charge in [-0.2, -0.15) is 0 Å². The molecule has 0 atom stereocenters. The Labute approximate surface area is 359 Å². The summed E-state index contributed by atoms with van der Waals surface area (Å²) in [5.74, 6) is 0. The monoisotopic (exact) mass is 786 g/mol. The molecule has 0 fully saturated rings. The standard InChI is InChI=1S/C58H62N2/c1-9-39-25-40(10-2)30-47(29-39)59(48-31-41(11-3)26-42(12-4)32-48)57-37-55-52-22-18-20-24-54(52)58(38-56(55)51-21-17-19-23-53(51)57)60(49-33-43(13-5)27-44(14-6)34-49)50-35-45(15-7)28-46(16-8)36-50/h17-38H,9-16H2,1-8H3. The molecule has 0 amide bonds. The zero-order valence-corrected chi connectivity index (χ0v) is 37.3. The summed E-state index contributed by atoms with van der Waals surface area (Å²) < 4.78 is 0. The van der Waals surface area contributed by atoms with E-state index in [2.05, 4.69) is 199 Å². The summed E-state index contributed by atoms with van der Waals surface area (Å²) in [4.78, 5) is 5.14. The van der Waals surface area contributed by atoms with E-state index >= 15 is 0 Å². The first-order valence-corrected chi connectivity index (χ1v) is 22.8. The van der Waals surface area contributed by atoms with E-state index < -0.39 is 0 Å². The highest BCUT2D eigenvalue weighted by molar-refractivity contribution is 6.24. The average Bonchev–Trinajstić information content (AvgIpc) is 3.31. The second-order valence-corrected chi connectivity index (χ2v) is 16.5. The lowest BCUT2D eigenvalue weighted by Crippen LogP contribution is -2.13. The van der Waals surface area contributed by atoms with Crippen LogP contribution >= 0.6 is 0 Å². The number of anilines is 6. The maximum atomic E-state index is 2.57. The predicted molar refractivity (Wildman–Crippen MR) is 263 cm³/mol. The summed E-state index contributed by atoms with van der Waals surface area (Å²) in [5, 5.41) is 7.57. The molecule has 8 aromatic carbocycles. The molecule has 0 aromatic heterocycles. The second-order valence-electron chi connectivity index (χ2n) is 16.5. The van der Waals surface area contributed by atoms with Crippen LogP contribution < -0.4 is 9.80 Å². The summed E-state index contributed by atoms with van der Waals surface area (Å²) in [6.45, 7) is 18.2. The number of rotatable bonds is 14. The largest absolute Gasteiger partial charge is 0.310 e. The Morgan fingerprint density at radius 1 is 0.250 bits per heavy atom. The van der Waals surface area contributed by atoms with Gasteiger partial charge in [-0.15, -0.1) is 0 Å². The summed E-state index contributed by atoms with van der Waals surface area (Å²) in [6, 6.07) is 52.2. The Hall–Kier alpha value is -5.86. The molecule has 0 aliphatic carbocycles. The van der Waals surface area contributed by atoms with E-state index in [0.29, 0.717) is 0 Å². The van der Waals surface area contributed by atoms with E-state index in [1.165, 1.54) is 111 Å². The Morgan fingerprint density at radius 2 is 0.467 bits per heavy atom. The van der Waals surface area contributed by atoms with Crippen molar-refractivity contribution < 1.29 is 0 Å². The number of aryl methyl sites for hydroxylation is 8. The molecule has 0 saturated carbocycles. The van der Waals surface area contributed by atoms with Crippen LogP contribution in [0.1, 0.15) is 99.9 Å². The van der Waals surface area contributed by atoms with Crippen LogP contribution in [0, 0.1) is 0 Å². The van der Waals surface area contributed by atoms with Gasteiger partial charge in [-0.1, -0.05) is 128 Å². The van der Waals surface area contributed by atoms with Crippen molar-refractivity contribution in [2.75, 3.05) is 9.80 Å². The Balaban J connectivity index is 1.49. The summed E-state index contributed by atoms with van der Waals surface area (Å²) in [5.41, 5.74) is 18.3. The quantitative estimate of drug-likeness (QED) is 0.101. The topological polar surface area (TPSA) is 6.48 Å². The van der Waals surface area contributed by atoms with E-state index in [0.717, 1.165) is 51.4 Å². The van der Waals surface area contributed by atoms with Crippen LogP contribution in [-0.4, -0.2) is 0 Å². The maximum absolute atomic E-state index is 2.57. The van der Waals surface area contributed by atoms with Crippen LogP contribution in [0.5, 0.6) is 0 Å². The van der Waals surface area contributed by atoms with Gasteiger partial charge in [0.1, 0.15) is 0 Å². The molecule has 0 aliphatic heterocycles. The van der Waals surface area contributed by atoms with Crippen molar-refractivity contribution in [3.8, 4) is 0 Å². The minimum Gasteiger partial charge on any atom is -0.310 e. The van der Waals surface area contributed by atoms with E-state index in [9.17, 15) is 0 Å². The van der Waals surface area contributed by atoms with Crippen molar-refractivity contribution in [2.24, 2.45) is 0 Å². The van der Waals surface area contributed by atoms with Crippen molar-refractivity contribution in [3.05, 3.63) is 178 Å². The van der Waals surface area contributed by atoms with Gasteiger partial charge >= 0.3 is 0 Å². The average molecular weight is 787 g/mol. The second kappa shape index (κ2) is 17.8. The number of fused-ring (bicyclic) bond motifs is 5. The van der Waals surface area contributed by atoms with Gasteiger partial charge in [0.25, 0.3) is 0 Å². The van der Waals surface area contributed by atoms with Crippen LogP contribution in [0.25, 0.3) is 32.3 Å². The summed E-state index contributed by atoms with van der Waals surface area (Å²) in [7, 11) is 0. The zero-order chi connectivity index (χ0) is 41.9. The van der Waals surface area contributed by atoms with Gasteiger partial charge in [-0.05, 0) is 178 Å². The molecule has 2 nitrogen and oxygen atoms in total. The SMILES string of the molecule is CCc1cc(CC)cc(N(c2cc(CC)cc(CC)c2)c2cc3c4ccccc4c(N(c4cc(CC)cc(CC)c4)c4cc(CC)cc(CC)c4)cc3c3ccccc23)c1. The molecule has 8 rings (SSSR count). The highest BCUT2D eigenvalue weighted by Crippen LogP contribution is 2.48. The minimum absolute atomic E-state index is 0.994. The highest BCUT2D eigenvalue weighted by Gasteiger charge is 2.24. The van der Waals surface area contributed by atoms with Gasteiger partial charge in [-0.25, -0.2) is 0 Å². The Bertz CT molecular complexity index is 2430. The molecule has 0 bridgehead atoms. The van der Waals surface area contributed by atoms with Crippen LogP contribution in [0.2, 0.25) is 0 Å². The lowest BCUT2D eigenvalue weighted by atomic mass is 9.92. The minimum atomic E-state index is 0.994. The molecule has 0 spiro atoms. The molecule has 60 heavy (non-hydrogen) atoms. The van der Waals surface area contributed by atoms with Gasteiger partial charge in [-0.3, -0.25) is 0 Å². The fourth-order valence-corrected chi connectivity index (χ4v) is 9.26. The number of hydrogen-bond acceptors (Lipinski definition) is 2. The van der Waals surface area contributed by atoms with Crippen LogP contribution in [0.3, 0.4) is 0 Å². The Morgan fingerprint density at radius 3 is 0.683 bits per heavy atom. The van der Waals surface area contributed by atoms with Crippen molar-refractivity contribution >= 4 is 66.4 Å². The lowest BCUT2D eigenvalue weighted by molar-refractivity contribution is 1.07. The molecule has 0 unspecified atom stereocenters. The van der Waals surface area contributed by atoms with Gasteiger partial charge < -0.3 is 9.80 Å². The van der Waals surface area contributed by atoms with Crippen molar-refractivity contribution in [2.45, 2.75) is 107 Å². The van der Waals surface area contributed by atoms with E-state index in [-0.39, 0.29) is 0 Å². The third-order valence-corrected chi connectivity index (χ3v) is 12.8. The third-order valence-electron chi connectivity index (χ3n) is 12.8. The molecule has 0 radical (unpaired) electrons. The normalized spacial score (nSPS) is 11.5. The molecule has 0 N–H and O–H groups in total. The zero-order valence-electron chi connectivity index (χ0n) is 37.3. The van der Waals surface area contributed by atoms with Gasteiger partial charge in [0.15, 0.2) is 0 Å². The van der Waals surface area contributed by atoms with Crippen LogP contribution in [-0.2, 0) is 51.4 Å². The molecule has 0 heterocycles. The molecule has 2 heteroatoms. The molecule has 0 saturated heterocycles. The molecule has 0 aliphatic rings. The number of benzene rings is 8. The van der Waals surface area contributed by atoms with Crippen molar-refractivity contribution in [1.29, 1.82) is 0 Å². The number of nitrogens with zero attached hydrogens (tertiary/aromatic N) is 2. The van der Waals surface area contributed by atoms with Gasteiger partial charge in [0, 0.05) is 33.5 Å². The number of hydrogen-bond donors (Lipinski definition) is 0. The van der Waals surface area contributed by atoms with Crippen molar-refractivity contribution in [1.82, 2.24) is 0 Å². The fourth-order valence-electron chi connectivity index (χ4n) is 9.26. The smallest absolute Gasteiger partial charge is 0.0546 e. The Kier molecular flexibility index (Phi) is 12.1. The molecule has 8 aromatic rings. The van der Waals surface area contributed by atoms with Crippen LogP contribution in [0.4, 0.5) is 34.1 Å². The van der Waals surface area contributed by atoms with Crippen LogP contribution in [0.15, 0.2) is 133 Å². The van der Waals surface area contributed by atoms with Gasteiger partial charge in [0.2, 0.25) is 0 Å². The van der Waals surface area contributed by atoms with E-state index in [1.807, 2.05) is 0 Å². The first kappa shape index (κ1) is 40.9. The first-order valence-electron chi connectivity index (χ1n) is 22.8. The van der Waals surface area contributed by atoms with E-state index in [4.69, 9.17) is 0 Å². The first-order chi connectivity index (χ1) is 29.3. The highest BCUT2D eigenvalue weighted by atomic mass is 15.2.